The van der Waals surface area contributed by atoms with Crippen molar-refractivity contribution in [3.63, 3.8) is 0 Å². The Hall–Kier alpha value is -1.92. The Morgan fingerprint density at radius 1 is 1.43 bits per heavy atom. The van der Waals surface area contributed by atoms with Crippen molar-refractivity contribution in [2.24, 2.45) is 0 Å². The average Bonchev–Trinajstić information content (AvgIpc) is 2.77. The van der Waals surface area contributed by atoms with Crippen LogP contribution in [-0.2, 0) is 17.8 Å². The Balaban J connectivity index is 1.93. The smallest absolute Gasteiger partial charge is 0.347 e. The molecule has 0 atom stereocenters. The fraction of sp³-hybridized carbons (Fsp3) is 0.214. The molecule has 0 bridgehead atoms. The summed E-state index contributed by atoms with van der Waals surface area (Å²) in [5.74, 6) is -1.23. The number of carboxylic acids is 1. The summed E-state index contributed by atoms with van der Waals surface area (Å²) in [5.41, 5.74) is 1.34. The van der Waals surface area contributed by atoms with Gasteiger partial charge < -0.3 is 10.4 Å². The van der Waals surface area contributed by atoms with Crippen LogP contribution in [0.1, 0.15) is 25.9 Å². The predicted octanol–water partition coefficient (Wildman–Crippen LogP) is 2.66. The number of hydrogen-bond acceptors (Lipinski definition) is 4. The zero-order valence-electron chi connectivity index (χ0n) is 11.2. The van der Waals surface area contributed by atoms with Crippen LogP contribution < -0.4 is 5.32 Å². The average molecular weight is 325 g/mol. The van der Waals surface area contributed by atoms with Gasteiger partial charge in [-0.2, -0.15) is 0 Å². The molecular formula is C14H13ClN2O3S. The fourth-order valence-electron chi connectivity index (χ4n) is 1.77. The van der Waals surface area contributed by atoms with Crippen molar-refractivity contribution >= 4 is 34.8 Å². The molecule has 0 spiro atoms. The summed E-state index contributed by atoms with van der Waals surface area (Å²) < 4.78 is 0. The van der Waals surface area contributed by atoms with E-state index in [0.717, 1.165) is 16.9 Å². The molecule has 0 aliphatic rings. The van der Waals surface area contributed by atoms with Crippen molar-refractivity contribution in [2.75, 3.05) is 0 Å². The number of thiazole rings is 1. The van der Waals surface area contributed by atoms with Crippen LogP contribution >= 0.6 is 22.9 Å². The lowest BCUT2D eigenvalue weighted by atomic mass is 10.2. The Morgan fingerprint density at radius 3 is 2.81 bits per heavy atom. The van der Waals surface area contributed by atoms with Gasteiger partial charge in [-0.3, -0.25) is 4.79 Å². The lowest BCUT2D eigenvalue weighted by Crippen LogP contribution is -2.24. The maximum absolute atomic E-state index is 11.8. The highest BCUT2D eigenvalue weighted by molar-refractivity contribution is 7.13. The molecule has 0 aliphatic carbocycles. The largest absolute Gasteiger partial charge is 0.477 e. The van der Waals surface area contributed by atoms with Crippen LogP contribution in [0.2, 0.25) is 5.02 Å². The molecule has 7 heteroatoms. The number of benzene rings is 1. The molecule has 0 unspecified atom stereocenters. The zero-order valence-corrected chi connectivity index (χ0v) is 12.8. The number of nitrogens with one attached hydrogen (secondary N) is 1. The Labute approximate surface area is 130 Å². The second-order valence-corrected chi connectivity index (χ2v) is 5.93. The molecule has 2 rings (SSSR count). The van der Waals surface area contributed by atoms with Crippen molar-refractivity contribution in [3.05, 3.63) is 50.4 Å². The van der Waals surface area contributed by atoms with Crippen molar-refractivity contribution in [1.82, 2.24) is 10.3 Å². The van der Waals surface area contributed by atoms with Gasteiger partial charge in [-0.25, -0.2) is 9.78 Å². The first-order valence-electron chi connectivity index (χ1n) is 6.16. The molecule has 110 valence electrons. The molecule has 2 N–H and O–H groups in total. The van der Waals surface area contributed by atoms with Crippen LogP contribution in [-0.4, -0.2) is 22.0 Å². The summed E-state index contributed by atoms with van der Waals surface area (Å²) in [4.78, 5) is 27.0. The molecule has 1 aromatic heterocycles. The van der Waals surface area contributed by atoms with Crippen LogP contribution in [0.3, 0.4) is 0 Å². The van der Waals surface area contributed by atoms with Crippen LogP contribution in [0.5, 0.6) is 0 Å². The summed E-state index contributed by atoms with van der Waals surface area (Å²) in [6, 6.07) is 7.21. The van der Waals surface area contributed by atoms with E-state index in [9.17, 15) is 9.59 Å². The predicted molar refractivity (Wildman–Crippen MR) is 80.8 cm³/mol. The minimum absolute atomic E-state index is 0.0688. The van der Waals surface area contributed by atoms with E-state index in [2.05, 4.69) is 10.3 Å². The molecule has 0 radical (unpaired) electrons. The molecular weight excluding hydrogens is 312 g/mol. The van der Waals surface area contributed by atoms with Gasteiger partial charge in [-0.1, -0.05) is 23.7 Å². The van der Waals surface area contributed by atoms with Gasteiger partial charge in [0.25, 0.3) is 0 Å². The molecule has 0 fully saturated rings. The fourth-order valence-corrected chi connectivity index (χ4v) is 2.89. The second-order valence-electron chi connectivity index (χ2n) is 4.41. The van der Waals surface area contributed by atoms with Crippen LogP contribution in [0.25, 0.3) is 0 Å². The monoisotopic (exact) mass is 324 g/mol. The number of aromatic carboxylic acids is 1. The highest BCUT2D eigenvalue weighted by Crippen LogP contribution is 2.18. The third-order valence-corrected chi connectivity index (χ3v) is 4.11. The van der Waals surface area contributed by atoms with E-state index in [1.165, 1.54) is 0 Å². The molecule has 21 heavy (non-hydrogen) atoms. The summed E-state index contributed by atoms with van der Waals surface area (Å²) in [7, 11) is 0. The van der Waals surface area contributed by atoms with E-state index in [-0.39, 0.29) is 17.2 Å². The van der Waals surface area contributed by atoms with E-state index < -0.39 is 5.97 Å². The Kier molecular flexibility index (Phi) is 4.93. The van der Waals surface area contributed by atoms with Gasteiger partial charge in [0.15, 0.2) is 0 Å². The van der Waals surface area contributed by atoms with E-state index in [0.29, 0.717) is 22.3 Å². The highest BCUT2D eigenvalue weighted by Gasteiger charge is 2.15. The summed E-state index contributed by atoms with van der Waals surface area (Å²) in [6.45, 7) is 1.99. The third-order valence-electron chi connectivity index (χ3n) is 2.73. The highest BCUT2D eigenvalue weighted by atomic mass is 35.5. The normalized spacial score (nSPS) is 10.4. The molecule has 0 saturated heterocycles. The molecule has 0 aliphatic heterocycles. The zero-order chi connectivity index (χ0) is 15.4. The van der Waals surface area contributed by atoms with E-state index in [4.69, 9.17) is 16.7 Å². The van der Waals surface area contributed by atoms with E-state index >= 15 is 0 Å². The first-order chi connectivity index (χ1) is 9.95. The standard InChI is InChI=1S/C14H13ClN2O3S/c1-8-13(14(19)20)21-12(17-8)6-11(18)16-7-9-3-2-4-10(15)5-9/h2-5H,6-7H2,1H3,(H,16,18)(H,19,20). The quantitative estimate of drug-likeness (QED) is 0.886. The van der Waals surface area contributed by atoms with Crippen molar-refractivity contribution < 1.29 is 14.7 Å². The van der Waals surface area contributed by atoms with E-state index in [1.54, 1.807) is 19.1 Å². The second kappa shape index (κ2) is 6.69. The molecule has 1 aromatic carbocycles. The lowest BCUT2D eigenvalue weighted by Gasteiger charge is -2.04. The Bertz CT molecular complexity index is 685. The van der Waals surface area contributed by atoms with Crippen LogP contribution in [0.4, 0.5) is 0 Å². The maximum Gasteiger partial charge on any atom is 0.347 e. The first kappa shape index (κ1) is 15.5. The lowest BCUT2D eigenvalue weighted by molar-refractivity contribution is -0.120. The van der Waals surface area contributed by atoms with Crippen LogP contribution in [0.15, 0.2) is 24.3 Å². The SMILES string of the molecule is Cc1nc(CC(=O)NCc2cccc(Cl)c2)sc1C(=O)O. The van der Waals surface area contributed by atoms with Gasteiger partial charge >= 0.3 is 5.97 Å². The topological polar surface area (TPSA) is 79.3 Å². The van der Waals surface area contributed by atoms with E-state index in [1.807, 2.05) is 12.1 Å². The molecule has 1 amide bonds. The minimum Gasteiger partial charge on any atom is -0.477 e. The molecule has 5 nitrogen and oxygen atoms in total. The number of rotatable bonds is 5. The summed E-state index contributed by atoms with van der Waals surface area (Å²) in [6.07, 6.45) is 0.0688. The maximum atomic E-state index is 11.8. The van der Waals surface area contributed by atoms with Gasteiger partial charge in [0.2, 0.25) is 5.91 Å². The molecule has 1 heterocycles. The number of carboxylic acid groups (broad SMARTS) is 1. The number of halogens is 1. The number of hydrogen-bond donors (Lipinski definition) is 2. The Morgan fingerprint density at radius 2 is 2.19 bits per heavy atom. The third kappa shape index (κ3) is 4.27. The van der Waals surface area contributed by atoms with Gasteiger partial charge in [0, 0.05) is 11.6 Å². The van der Waals surface area contributed by atoms with Gasteiger partial charge in [-0.15, -0.1) is 11.3 Å². The number of carbonyl (C=O) groups excluding carboxylic acids is 1. The van der Waals surface area contributed by atoms with Crippen molar-refractivity contribution in [2.45, 2.75) is 19.9 Å². The summed E-state index contributed by atoms with van der Waals surface area (Å²) in [5, 5.41) is 12.8. The number of carbonyl (C=O) groups is 2. The minimum atomic E-state index is -1.02. The number of aromatic nitrogens is 1. The number of amides is 1. The van der Waals surface area contributed by atoms with Crippen molar-refractivity contribution in [1.29, 1.82) is 0 Å². The van der Waals surface area contributed by atoms with Crippen molar-refractivity contribution in [3.8, 4) is 0 Å². The number of nitrogens with zero attached hydrogens (tertiary/aromatic N) is 1. The number of aryl methyl sites for hydroxylation is 1. The summed E-state index contributed by atoms with van der Waals surface area (Å²) >= 11 is 6.89. The molecule has 0 saturated carbocycles. The first-order valence-corrected chi connectivity index (χ1v) is 7.36. The van der Waals surface area contributed by atoms with Gasteiger partial charge in [-0.05, 0) is 24.6 Å². The van der Waals surface area contributed by atoms with Gasteiger partial charge in [0.05, 0.1) is 12.1 Å². The van der Waals surface area contributed by atoms with Gasteiger partial charge in [0.1, 0.15) is 9.88 Å². The molecule has 2 aromatic rings. The van der Waals surface area contributed by atoms with Crippen LogP contribution in [0, 0.1) is 6.92 Å².